The summed E-state index contributed by atoms with van der Waals surface area (Å²) in [6.07, 6.45) is 9.03. The maximum Gasteiger partial charge on any atom is 0.219 e. The fraction of sp³-hybridized carbons (Fsp3) is 0.143. The van der Waals surface area contributed by atoms with E-state index in [0.29, 0.717) is 18.1 Å². The van der Waals surface area contributed by atoms with E-state index in [4.69, 9.17) is 11.2 Å². The first-order valence-electron chi connectivity index (χ1n) is 11.3. The number of hydrogen-bond acceptors (Lipinski definition) is 6. The quantitative estimate of drug-likeness (QED) is 0.364. The van der Waals surface area contributed by atoms with Crippen LogP contribution in [0.2, 0.25) is 0 Å². The van der Waals surface area contributed by atoms with Crippen LogP contribution in [0.25, 0.3) is 33.4 Å². The lowest BCUT2D eigenvalue weighted by molar-refractivity contribution is 0.461. The number of anilines is 1. The molecule has 5 aromatic rings. The number of benzene rings is 1. The third kappa shape index (κ3) is 3.39. The largest absolute Gasteiger partial charge is 0.439 e. The fourth-order valence-corrected chi connectivity index (χ4v) is 4.75. The van der Waals surface area contributed by atoms with Gasteiger partial charge < -0.3 is 14.6 Å². The van der Waals surface area contributed by atoms with Gasteiger partial charge in [-0.2, -0.15) is 0 Å². The Labute approximate surface area is 202 Å². The molecule has 0 amide bonds. The molecule has 0 aliphatic carbocycles. The first-order chi connectivity index (χ1) is 17.0. The van der Waals surface area contributed by atoms with Crippen LogP contribution in [-0.2, 0) is 13.6 Å². The molecule has 1 N–H and O–H groups in total. The number of fused-ring (bicyclic) bond motifs is 2. The highest BCUT2D eigenvalue weighted by molar-refractivity contribution is 6.09. The summed E-state index contributed by atoms with van der Waals surface area (Å²) in [6, 6.07) is 13.8. The number of pyridine rings is 2. The molecule has 0 saturated carbocycles. The lowest BCUT2D eigenvalue weighted by atomic mass is 9.94. The molecule has 0 bridgehead atoms. The Kier molecular flexibility index (Phi) is 4.75. The van der Waals surface area contributed by atoms with Gasteiger partial charge in [0, 0.05) is 42.7 Å². The van der Waals surface area contributed by atoms with Gasteiger partial charge in [0.15, 0.2) is 0 Å². The summed E-state index contributed by atoms with van der Waals surface area (Å²) in [5.41, 5.74) is 8.70. The topological polar surface area (TPSA) is 77.8 Å². The zero-order valence-corrected chi connectivity index (χ0v) is 19.6. The average Bonchev–Trinajstić information content (AvgIpc) is 3.04. The van der Waals surface area contributed by atoms with Crippen LogP contribution < -0.4 is 10.1 Å². The van der Waals surface area contributed by atoms with Crippen molar-refractivity contribution in [3.63, 3.8) is 0 Å². The van der Waals surface area contributed by atoms with Crippen molar-refractivity contribution in [1.82, 2.24) is 24.5 Å². The summed E-state index contributed by atoms with van der Waals surface area (Å²) in [4.78, 5) is 18.1. The van der Waals surface area contributed by atoms with Crippen LogP contribution in [0.15, 0.2) is 55.0 Å². The second-order valence-electron chi connectivity index (χ2n) is 8.62. The first kappa shape index (κ1) is 20.9. The van der Waals surface area contributed by atoms with Gasteiger partial charge in [0.05, 0.1) is 11.1 Å². The number of nitrogens with zero attached hydrogens (tertiary/aromatic N) is 5. The molecule has 0 atom stereocenters. The molecule has 1 aliphatic rings. The molecular weight excluding hydrogens is 436 g/mol. The number of aromatic nitrogens is 5. The third-order valence-corrected chi connectivity index (χ3v) is 6.36. The van der Waals surface area contributed by atoms with Gasteiger partial charge in [-0.1, -0.05) is 18.1 Å². The smallest absolute Gasteiger partial charge is 0.219 e. The Morgan fingerprint density at radius 1 is 1.06 bits per heavy atom. The van der Waals surface area contributed by atoms with Crippen molar-refractivity contribution in [3.05, 3.63) is 77.5 Å². The normalized spacial score (nSPS) is 11.9. The zero-order chi connectivity index (χ0) is 24.1. The number of terminal acetylenes is 1. The third-order valence-electron chi connectivity index (χ3n) is 6.36. The molecule has 5 heterocycles. The summed E-state index contributed by atoms with van der Waals surface area (Å²) >= 11 is 0. The molecular formula is C28H22N6O. The molecule has 0 saturated heterocycles. The van der Waals surface area contributed by atoms with E-state index < -0.39 is 0 Å². The van der Waals surface area contributed by atoms with Gasteiger partial charge in [-0.15, -0.1) is 6.42 Å². The van der Waals surface area contributed by atoms with Crippen molar-refractivity contribution in [3.8, 4) is 46.4 Å². The summed E-state index contributed by atoms with van der Waals surface area (Å²) in [6.45, 7) is 4.60. The molecule has 7 heteroatoms. The van der Waals surface area contributed by atoms with Gasteiger partial charge in [0.25, 0.3) is 0 Å². The SMILES string of the molecule is C#Cc1cc(C)c(-c2c3c4c(ncnc4n2C)NCc2cc(Oc4cccc(C)n4)ccc2-3)cn1. The van der Waals surface area contributed by atoms with Gasteiger partial charge in [-0.05, 0) is 54.8 Å². The maximum atomic E-state index is 6.08. The minimum atomic E-state index is 0.568. The van der Waals surface area contributed by atoms with Crippen molar-refractivity contribution in [2.75, 3.05) is 5.32 Å². The zero-order valence-electron chi connectivity index (χ0n) is 19.6. The Morgan fingerprint density at radius 2 is 1.94 bits per heavy atom. The standard InChI is InChI=1S/C28H22N6O/c1-5-19-11-16(2)22(14-29-19)26-24-21-10-9-20(35-23-8-6-7-17(3)33-23)12-18(21)13-30-27-25(24)28(34(26)4)32-15-31-27/h1,6-12,14-15H,13H2,2-4H3,(H,30,31,32). The molecule has 0 spiro atoms. The average molecular weight is 459 g/mol. The number of aryl methyl sites for hydroxylation is 3. The van der Waals surface area contributed by atoms with Crippen molar-refractivity contribution >= 4 is 16.9 Å². The lowest BCUT2D eigenvalue weighted by Gasteiger charge is -2.14. The van der Waals surface area contributed by atoms with E-state index in [1.54, 1.807) is 6.33 Å². The molecule has 35 heavy (non-hydrogen) atoms. The van der Waals surface area contributed by atoms with Gasteiger partial charge >= 0.3 is 0 Å². The van der Waals surface area contributed by atoms with E-state index in [0.717, 1.165) is 61.8 Å². The molecule has 1 aromatic carbocycles. The van der Waals surface area contributed by atoms with E-state index in [-0.39, 0.29) is 0 Å². The van der Waals surface area contributed by atoms with Crippen molar-refractivity contribution in [2.45, 2.75) is 20.4 Å². The van der Waals surface area contributed by atoms with Crippen LogP contribution >= 0.6 is 0 Å². The summed E-state index contributed by atoms with van der Waals surface area (Å²) in [7, 11) is 2.02. The summed E-state index contributed by atoms with van der Waals surface area (Å²) in [5.74, 6) is 4.72. The van der Waals surface area contributed by atoms with Gasteiger partial charge in [-0.3, -0.25) is 0 Å². The van der Waals surface area contributed by atoms with E-state index >= 15 is 0 Å². The van der Waals surface area contributed by atoms with Crippen LogP contribution in [0.3, 0.4) is 0 Å². The van der Waals surface area contributed by atoms with Crippen molar-refractivity contribution in [2.24, 2.45) is 7.05 Å². The monoisotopic (exact) mass is 458 g/mol. The molecule has 6 rings (SSSR count). The molecule has 1 aliphatic heterocycles. The van der Waals surface area contributed by atoms with Crippen molar-refractivity contribution < 1.29 is 4.74 Å². The van der Waals surface area contributed by atoms with Crippen LogP contribution in [-0.4, -0.2) is 24.5 Å². The van der Waals surface area contributed by atoms with Gasteiger partial charge in [-0.25, -0.2) is 19.9 Å². The molecule has 170 valence electrons. The van der Waals surface area contributed by atoms with Crippen LogP contribution in [0, 0.1) is 26.2 Å². The van der Waals surface area contributed by atoms with Crippen LogP contribution in [0.1, 0.15) is 22.5 Å². The number of ether oxygens (including phenoxy) is 1. The number of rotatable bonds is 3. The lowest BCUT2D eigenvalue weighted by Crippen LogP contribution is -2.03. The number of nitrogens with one attached hydrogen (secondary N) is 1. The van der Waals surface area contributed by atoms with Crippen molar-refractivity contribution in [1.29, 1.82) is 0 Å². The Bertz CT molecular complexity index is 1680. The highest BCUT2D eigenvalue weighted by Gasteiger charge is 2.27. The fourth-order valence-electron chi connectivity index (χ4n) is 4.75. The predicted molar refractivity (Wildman–Crippen MR) is 136 cm³/mol. The molecule has 0 radical (unpaired) electrons. The Balaban J connectivity index is 1.57. The van der Waals surface area contributed by atoms with Crippen LogP contribution in [0.5, 0.6) is 11.6 Å². The molecule has 0 unspecified atom stereocenters. The Hall–Kier alpha value is -4.70. The minimum Gasteiger partial charge on any atom is -0.439 e. The highest BCUT2D eigenvalue weighted by Crippen LogP contribution is 2.46. The van der Waals surface area contributed by atoms with Gasteiger partial charge in [0.1, 0.15) is 29.2 Å². The summed E-state index contributed by atoms with van der Waals surface area (Å²) in [5, 5.41) is 4.48. The molecule has 0 fully saturated rings. The van der Waals surface area contributed by atoms with E-state index in [9.17, 15) is 0 Å². The summed E-state index contributed by atoms with van der Waals surface area (Å²) < 4.78 is 8.18. The van der Waals surface area contributed by atoms with Gasteiger partial charge in [0.2, 0.25) is 5.88 Å². The molecule has 4 aromatic heterocycles. The molecule has 7 nitrogen and oxygen atoms in total. The van der Waals surface area contributed by atoms with E-state index in [1.165, 1.54) is 0 Å². The minimum absolute atomic E-state index is 0.568. The van der Waals surface area contributed by atoms with E-state index in [2.05, 4.69) is 54.8 Å². The first-order valence-corrected chi connectivity index (χ1v) is 11.3. The van der Waals surface area contributed by atoms with Crippen LogP contribution in [0.4, 0.5) is 5.82 Å². The van der Waals surface area contributed by atoms with E-state index in [1.807, 2.05) is 50.5 Å². The predicted octanol–water partition coefficient (Wildman–Crippen LogP) is 5.41. The number of hydrogen-bond donors (Lipinski definition) is 1. The maximum absolute atomic E-state index is 6.08. The second kappa shape index (κ2) is 7.96. The highest BCUT2D eigenvalue weighted by atomic mass is 16.5. The second-order valence-corrected chi connectivity index (χ2v) is 8.62. The Morgan fingerprint density at radius 3 is 2.74 bits per heavy atom.